The standard InChI is InChI=1S/C13H17N3O4/c1-19-6-5-15-11(17)7-16-10-4-2-3-9(14)13(10)20-8-12(16)18/h2-4H,5-8,14H2,1H3,(H,15,17). The first-order valence-electron chi connectivity index (χ1n) is 6.20. The molecule has 2 rings (SSSR count). The Morgan fingerprint density at radius 2 is 2.35 bits per heavy atom. The molecule has 7 heteroatoms. The molecule has 1 aliphatic rings. The maximum Gasteiger partial charge on any atom is 0.265 e. The number of nitrogen functional groups attached to an aromatic ring is 1. The molecule has 0 radical (unpaired) electrons. The molecule has 0 aliphatic carbocycles. The first-order valence-corrected chi connectivity index (χ1v) is 6.20. The fourth-order valence-electron chi connectivity index (χ4n) is 1.92. The highest BCUT2D eigenvalue weighted by molar-refractivity contribution is 6.03. The molecule has 108 valence electrons. The molecule has 0 spiro atoms. The molecule has 1 heterocycles. The van der Waals surface area contributed by atoms with E-state index in [1.54, 1.807) is 25.3 Å². The predicted octanol–water partition coefficient (Wildman–Crippen LogP) is -0.243. The number of amides is 2. The zero-order valence-electron chi connectivity index (χ0n) is 11.2. The zero-order valence-corrected chi connectivity index (χ0v) is 11.2. The van der Waals surface area contributed by atoms with E-state index < -0.39 is 0 Å². The van der Waals surface area contributed by atoms with E-state index in [9.17, 15) is 9.59 Å². The number of carbonyl (C=O) groups excluding carboxylic acids is 2. The Morgan fingerprint density at radius 3 is 3.10 bits per heavy atom. The van der Waals surface area contributed by atoms with Gasteiger partial charge in [0.25, 0.3) is 5.91 Å². The summed E-state index contributed by atoms with van der Waals surface area (Å²) < 4.78 is 10.2. The molecule has 1 aliphatic heterocycles. The van der Waals surface area contributed by atoms with Gasteiger partial charge in [-0.3, -0.25) is 14.5 Å². The Kier molecular flexibility index (Phi) is 4.41. The summed E-state index contributed by atoms with van der Waals surface area (Å²) in [4.78, 5) is 25.1. The number of methoxy groups -OCH3 is 1. The molecule has 1 aromatic carbocycles. The number of fused-ring (bicyclic) bond motifs is 1. The summed E-state index contributed by atoms with van der Waals surface area (Å²) in [5.74, 6) is -0.0903. The van der Waals surface area contributed by atoms with Crippen LogP contribution in [0.15, 0.2) is 18.2 Å². The van der Waals surface area contributed by atoms with Gasteiger partial charge in [0.15, 0.2) is 12.4 Å². The lowest BCUT2D eigenvalue weighted by molar-refractivity contribution is -0.125. The normalized spacial score (nSPS) is 13.7. The SMILES string of the molecule is COCCNC(=O)CN1C(=O)COc2c(N)cccc21. The van der Waals surface area contributed by atoms with Crippen molar-refractivity contribution in [2.45, 2.75) is 0 Å². The van der Waals surface area contributed by atoms with Gasteiger partial charge in [0, 0.05) is 13.7 Å². The van der Waals surface area contributed by atoms with Crippen molar-refractivity contribution >= 4 is 23.2 Å². The molecule has 0 bridgehead atoms. The van der Waals surface area contributed by atoms with E-state index in [0.717, 1.165) is 0 Å². The van der Waals surface area contributed by atoms with Crippen LogP contribution in [0.1, 0.15) is 0 Å². The number of para-hydroxylation sites is 1. The van der Waals surface area contributed by atoms with Gasteiger partial charge in [0.2, 0.25) is 5.91 Å². The van der Waals surface area contributed by atoms with Crippen LogP contribution in [0.4, 0.5) is 11.4 Å². The van der Waals surface area contributed by atoms with Crippen molar-refractivity contribution in [1.29, 1.82) is 0 Å². The van der Waals surface area contributed by atoms with Gasteiger partial charge in [0.1, 0.15) is 6.54 Å². The van der Waals surface area contributed by atoms with E-state index in [2.05, 4.69) is 5.32 Å². The number of nitrogens with zero attached hydrogens (tertiary/aromatic N) is 1. The van der Waals surface area contributed by atoms with Crippen LogP contribution in [0.25, 0.3) is 0 Å². The molecule has 0 saturated carbocycles. The Labute approximate surface area is 116 Å². The van der Waals surface area contributed by atoms with Crippen LogP contribution in [-0.2, 0) is 14.3 Å². The number of hydrogen-bond acceptors (Lipinski definition) is 5. The second-order valence-electron chi connectivity index (χ2n) is 4.31. The number of benzene rings is 1. The lowest BCUT2D eigenvalue weighted by Gasteiger charge is -2.29. The quantitative estimate of drug-likeness (QED) is 0.573. The molecule has 0 atom stereocenters. The van der Waals surface area contributed by atoms with Crippen molar-refractivity contribution in [3.8, 4) is 5.75 Å². The Morgan fingerprint density at radius 1 is 1.55 bits per heavy atom. The first-order chi connectivity index (χ1) is 9.63. The number of ether oxygens (including phenoxy) is 2. The highest BCUT2D eigenvalue weighted by Gasteiger charge is 2.28. The monoisotopic (exact) mass is 279 g/mol. The van der Waals surface area contributed by atoms with Gasteiger partial charge in [-0.15, -0.1) is 0 Å². The molecule has 0 aromatic heterocycles. The summed E-state index contributed by atoms with van der Waals surface area (Å²) in [6, 6.07) is 5.10. The van der Waals surface area contributed by atoms with Gasteiger partial charge in [-0.2, -0.15) is 0 Å². The maximum absolute atomic E-state index is 11.9. The van der Waals surface area contributed by atoms with E-state index in [-0.39, 0.29) is 25.0 Å². The topological polar surface area (TPSA) is 93.9 Å². The zero-order chi connectivity index (χ0) is 14.5. The van der Waals surface area contributed by atoms with Crippen LogP contribution in [-0.4, -0.2) is 45.2 Å². The molecular weight excluding hydrogens is 262 g/mol. The predicted molar refractivity (Wildman–Crippen MR) is 73.6 cm³/mol. The number of carbonyl (C=O) groups is 2. The van der Waals surface area contributed by atoms with Crippen molar-refractivity contribution in [2.24, 2.45) is 0 Å². The van der Waals surface area contributed by atoms with E-state index in [0.29, 0.717) is 30.3 Å². The second-order valence-corrected chi connectivity index (χ2v) is 4.31. The maximum atomic E-state index is 11.9. The minimum absolute atomic E-state index is 0.0671. The molecule has 1 aromatic rings. The fourth-order valence-corrected chi connectivity index (χ4v) is 1.92. The molecule has 0 fully saturated rings. The molecule has 0 saturated heterocycles. The van der Waals surface area contributed by atoms with E-state index in [1.807, 2.05) is 0 Å². The average Bonchev–Trinajstić information content (AvgIpc) is 2.43. The van der Waals surface area contributed by atoms with Crippen molar-refractivity contribution in [1.82, 2.24) is 5.32 Å². The molecule has 2 amide bonds. The molecule has 20 heavy (non-hydrogen) atoms. The summed E-state index contributed by atoms with van der Waals surface area (Å²) in [5.41, 5.74) is 6.76. The Bertz CT molecular complexity index is 518. The van der Waals surface area contributed by atoms with Gasteiger partial charge in [-0.25, -0.2) is 0 Å². The van der Waals surface area contributed by atoms with Crippen molar-refractivity contribution in [3.63, 3.8) is 0 Å². The number of nitrogens with one attached hydrogen (secondary N) is 1. The Hall–Kier alpha value is -2.28. The summed E-state index contributed by atoms with van der Waals surface area (Å²) in [6.07, 6.45) is 0. The Balaban J connectivity index is 2.10. The van der Waals surface area contributed by atoms with Gasteiger partial charge in [-0.1, -0.05) is 6.07 Å². The molecule has 3 N–H and O–H groups in total. The van der Waals surface area contributed by atoms with Crippen molar-refractivity contribution < 1.29 is 19.1 Å². The number of anilines is 2. The van der Waals surface area contributed by atoms with Gasteiger partial charge < -0.3 is 20.5 Å². The van der Waals surface area contributed by atoms with E-state index >= 15 is 0 Å². The summed E-state index contributed by atoms with van der Waals surface area (Å²) in [7, 11) is 1.55. The van der Waals surface area contributed by atoms with Crippen molar-refractivity contribution in [2.75, 3.05) is 44.0 Å². The van der Waals surface area contributed by atoms with Gasteiger partial charge in [-0.05, 0) is 12.1 Å². The molecular formula is C13H17N3O4. The summed E-state index contributed by atoms with van der Waals surface area (Å²) in [5, 5.41) is 2.67. The number of rotatable bonds is 5. The highest BCUT2D eigenvalue weighted by atomic mass is 16.5. The third kappa shape index (κ3) is 3.00. The van der Waals surface area contributed by atoms with Crippen molar-refractivity contribution in [3.05, 3.63) is 18.2 Å². The summed E-state index contributed by atoms with van der Waals surface area (Å²) in [6.45, 7) is 0.638. The highest BCUT2D eigenvalue weighted by Crippen LogP contribution is 2.36. The van der Waals surface area contributed by atoms with Crippen LogP contribution >= 0.6 is 0 Å². The third-order valence-electron chi connectivity index (χ3n) is 2.89. The number of nitrogens with two attached hydrogens (primary N) is 1. The lowest BCUT2D eigenvalue weighted by atomic mass is 10.2. The van der Waals surface area contributed by atoms with E-state index in [1.165, 1.54) is 4.90 Å². The minimum atomic E-state index is -0.273. The van der Waals surface area contributed by atoms with Crippen LogP contribution in [0, 0.1) is 0 Å². The van der Waals surface area contributed by atoms with Crippen LogP contribution in [0.2, 0.25) is 0 Å². The minimum Gasteiger partial charge on any atom is -0.479 e. The lowest BCUT2D eigenvalue weighted by Crippen LogP contribution is -2.45. The largest absolute Gasteiger partial charge is 0.479 e. The van der Waals surface area contributed by atoms with Crippen LogP contribution in [0.3, 0.4) is 0 Å². The fraction of sp³-hybridized carbons (Fsp3) is 0.385. The molecule has 7 nitrogen and oxygen atoms in total. The van der Waals surface area contributed by atoms with Crippen LogP contribution in [0.5, 0.6) is 5.75 Å². The van der Waals surface area contributed by atoms with E-state index in [4.69, 9.17) is 15.2 Å². The van der Waals surface area contributed by atoms with Crippen LogP contribution < -0.4 is 20.7 Å². The smallest absolute Gasteiger partial charge is 0.265 e. The average molecular weight is 279 g/mol. The first kappa shape index (κ1) is 14.1. The third-order valence-corrected chi connectivity index (χ3v) is 2.89. The number of hydrogen-bond donors (Lipinski definition) is 2. The summed E-state index contributed by atoms with van der Waals surface area (Å²) >= 11 is 0. The van der Waals surface area contributed by atoms with Gasteiger partial charge >= 0.3 is 0 Å². The van der Waals surface area contributed by atoms with Gasteiger partial charge in [0.05, 0.1) is 18.0 Å². The second kappa shape index (κ2) is 6.25. The molecule has 0 unspecified atom stereocenters.